The Labute approximate surface area is 191 Å². The van der Waals surface area contributed by atoms with Crippen molar-refractivity contribution in [3.8, 4) is 17.2 Å². The van der Waals surface area contributed by atoms with Gasteiger partial charge in [-0.2, -0.15) is 0 Å². The summed E-state index contributed by atoms with van der Waals surface area (Å²) in [5, 5.41) is 12.5. The van der Waals surface area contributed by atoms with Gasteiger partial charge in [-0.3, -0.25) is 4.79 Å². The van der Waals surface area contributed by atoms with Crippen molar-refractivity contribution < 1.29 is 32.6 Å². The van der Waals surface area contributed by atoms with Crippen molar-refractivity contribution in [2.75, 3.05) is 18.5 Å². The molecule has 0 heterocycles. The number of benzene rings is 2. The molecule has 32 heavy (non-hydrogen) atoms. The third-order valence-corrected chi connectivity index (χ3v) is 5.98. The Balaban J connectivity index is 2.26. The molecule has 0 aliphatic heterocycles. The summed E-state index contributed by atoms with van der Waals surface area (Å²) in [5.74, 6) is -2.03. The fourth-order valence-electron chi connectivity index (χ4n) is 2.66. The molecule has 0 saturated heterocycles. The van der Waals surface area contributed by atoms with Gasteiger partial charge >= 0.3 is 11.9 Å². The Morgan fingerprint density at radius 1 is 1.16 bits per heavy atom. The van der Waals surface area contributed by atoms with Crippen LogP contribution in [0.4, 0.5) is 5.69 Å². The highest BCUT2D eigenvalue weighted by Crippen LogP contribution is 2.37. The van der Waals surface area contributed by atoms with E-state index in [0.29, 0.717) is 12.0 Å². The zero-order valence-corrected chi connectivity index (χ0v) is 19.5. The zero-order chi connectivity index (χ0) is 23.9. The van der Waals surface area contributed by atoms with Crippen molar-refractivity contribution in [2.24, 2.45) is 0 Å². The summed E-state index contributed by atoms with van der Waals surface area (Å²) >= 11 is 6.28. The molecule has 9 nitrogen and oxygen atoms in total. The van der Waals surface area contributed by atoms with Gasteiger partial charge in [-0.1, -0.05) is 24.9 Å². The average molecular weight is 485 g/mol. The van der Waals surface area contributed by atoms with Crippen molar-refractivity contribution in [3.05, 3.63) is 40.9 Å². The molecule has 0 saturated carbocycles. The van der Waals surface area contributed by atoms with Gasteiger partial charge < -0.3 is 19.9 Å². The number of sulfonamides is 1. The number of aromatic hydroxyl groups is 1. The van der Waals surface area contributed by atoms with Crippen LogP contribution in [0, 0.1) is 6.92 Å². The van der Waals surface area contributed by atoms with Crippen LogP contribution in [-0.4, -0.2) is 38.6 Å². The number of unbranched alkanes of at least 4 members (excludes halogenated alkanes) is 1. The Bertz CT molecular complexity index is 1080. The SMILES string of the molecule is CCCCNS(=O)(=O)c1cc(Oc2c(C)cc(NC(=O)C(=O)OCC)cc2Cl)ccc1O. The Morgan fingerprint density at radius 2 is 1.88 bits per heavy atom. The lowest BCUT2D eigenvalue weighted by Gasteiger charge is -2.15. The number of halogens is 1. The molecule has 0 aromatic heterocycles. The topological polar surface area (TPSA) is 131 Å². The lowest BCUT2D eigenvalue weighted by Crippen LogP contribution is -2.25. The predicted octanol–water partition coefficient (Wildman–Crippen LogP) is 3.73. The molecule has 0 aliphatic rings. The van der Waals surface area contributed by atoms with Crippen LogP contribution < -0.4 is 14.8 Å². The lowest BCUT2D eigenvalue weighted by molar-refractivity contribution is -0.152. The summed E-state index contributed by atoms with van der Waals surface area (Å²) in [4.78, 5) is 23.0. The normalized spacial score (nSPS) is 11.1. The maximum atomic E-state index is 12.5. The van der Waals surface area contributed by atoms with Gasteiger partial charge in [0.25, 0.3) is 0 Å². The van der Waals surface area contributed by atoms with E-state index in [4.69, 9.17) is 16.3 Å². The first kappa shape index (κ1) is 25.4. The van der Waals surface area contributed by atoms with Gasteiger partial charge in [0.2, 0.25) is 10.0 Å². The molecule has 3 N–H and O–H groups in total. The van der Waals surface area contributed by atoms with Gasteiger partial charge in [-0.15, -0.1) is 0 Å². The minimum absolute atomic E-state index is 0.0667. The number of phenolic OH excluding ortho intramolecular Hbond substituents is 1. The number of hydrogen-bond donors (Lipinski definition) is 3. The van der Waals surface area contributed by atoms with Crippen LogP contribution in [-0.2, 0) is 24.3 Å². The van der Waals surface area contributed by atoms with E-state index in [0.717, 1.165) is 6.42 Å². The van der Waals surface area contributed by atoms with Gasteiger partial charge in [-0.05, 0) is 50.1 Å². The van der Waals surface area contributed by atoms with Gasteiger partial charge in [0, 0.05) is 18.3 Å². The van der Waals surface area contributed by atoms with E-state index < -0.39 is 27.6 Å². The molecule has 0 atom stereocenters. The highest BCUT2D eigenvalue weighted by atomic mass is 35.5. The van der Waals surface area contributed by atoms with Crippen LogP contribution in [0.3, 0.4) is 0 Å². The minimum atomic E-state index is -3.94. The quantitative estimate of drug-likeness (QED) is 0.281. The molecular formula is C21H25ClN2O7S. The van der Waals surface area contributed by atoms with Gasteiger partial charge in [0.05, 0.1) is 11.6 Å². The van der Waals surface area contributed by atoms with Crippen LogP contribution in [0.1, 0.15) is 32.3 Å². The number of carbonyl (C=O) groups excluding carboxylic acids is 2. The van der Waals surface area contributed by atoms with E-state index in [1.807, 2.05) is 6.92 Å². The molecule has 174 valence electrons. The summed E-state index contributed by atoms with van der Waals surface area (Å²) in [6, 6.07) is 6.71. The Kier molecular flexibility index (Phi) is 8.88. The Morgan fingerprint density at radius 3 is 2.50 bits per heavy atom. The minimum Gasteiger partial charge on any atom is -0.507 e. The lowest BCUT2D eigenvalue weighted by atomic mass is 10.2. The monoisotopic (exact) mass is 484 g/mol. The molecule has 2 rings (SSSR count). The number of phenols is 1. The zero-order valence-electron chi connectivity index (χ0n) is 17.9. The van der Waals surface area contributed by atoms with Crippen LogP contribution in [0.25, 0.3) is 0 Å². The molecule has 0 bridgehead atoms. The second-order valence-corrected chi connectivity index (χ2v) is 8.90. The van der Waals surface area contributed by atoms with E-state index in [1.165, 1.54) is 30.3 Å². The van der Waals surface area contributed by atoms with Crippen molar-refractivity contribution in [3.63, 3.8) is 0 Å². The molecule has 0 fully saturated rings. The number of hydrogen-bond acceptors (Lipinski definition) is 7. The van der Waals surface area contributed by atoms with E-state index in [2.05, 4.69) is 14.8 Å². The smallest absolute Gasteiger partial charge is 0.397 e. The number of aryl methyl sites for hydroxylation is 1. The van der Waals surface area contributed by atoms with E-state index in [1.54, 1.807) is 13.8 Å². The molecule has 0 radical (unpaired) electrons. The molecule has 11 heteroatoms. The van der Waals surface area contributed by atoms with Crippen LogP contribution in [0.5, 0.6) is 17.2 Å². The van der Waals surface area contributed by atoms with E-state index in [-0.39, 0.29) is 40.3 Å². The highest BCUT2D eigenvalue weighted by molar-refractivity contribution is 7.89. The second kappa shape index (κ2) is 11.2. The van der Waals surface area contributed by atoms with Crippen LogP contribution in [0.15, 0.2) is 35.2 Å². The number of esters is 1. The number of ether oxygens (including phenoxy) is 2. The number of nitrogens with one attached hydrogen (secondary N) is 2. The predicted molar refractivity (Wildman–Crippen MR) is 120 cm³/mol. The van der Waals surface area contributed by atoms with Gasteiger partial charge in [0.15, 0.2) is 0 Å². The third kappa shape index (κ3) is 6.59. The van der Waals surface area contributed by atoms with Gasteiger partial charge in [-0.25, -0.2) is 17.9 Å². The van der Waals surface area contributed by atoms with Crippen molar-refractivity contribution in [1.82, 2.24) is 4.72 Å². The van der Waals surface area contributed by atoms with Crippen molar-refractivity contribution in [1.29, 1.82) is 0 Å². The van der Waals surface area contributed by atoms with Gasteiger partial charge in [0.1, 0.15) is 22.1 Å². The summed E-state index contributed by atoms with van der Waals surface area (Å²) < 4.78 is 37.8. The molecule has 2 aromatic rings. The van der Waals surface area contributed by atoms with Crippen LogP contribution >= 0.6 is 11.6 Å². The first-order valence-corrected chi connectivity index (χ1v) is 11.7. The average Bonchev–Trinajstić information content (AvgIpc) is 2.72. The maximum absolute atomic E-state index is 12.5. The molecule has 0 spiro atoms. The molecule has 0 unspecified atom stereocenters. The molecule has 0 aliphatic carbocycles. The summed E-state index contributed by atoms with van der Waals surface area (Å²) in [7, 11) is -3.94. The van der Waals surface area contributed by atoms with E-state index >= 15 is 0 Å². The third-order valence-electron chi connectivity index (χ3n) is 4.21. The van der Waals surface area contributed by atoms with Crippen molar-refractivity contribution >= 4 is 39.2 Å². The van der Waals surface area contributed by atoms with Crippen molar-refractivity contribution in [2.45, 2.75) is 38.5 Å². The summed E-state index contributed by atoms with van der Waals surface area (Å²) in [6.07, 6.45) is 1.47. The largest absolute Gasteiger partial charge is 0.507 e. The maximum Gasteiger partial charge on any atom is 0.397 e. The molecular weight excluding hydrogens is 460 g/mol. The molecule has 2 aromatic carbocycles. The number of amides is 1. The number of anilines is 1. The highest BCUT2D eigenvalue weighted by Gasteiger charge is 2.21. The fraction of sp³-hybridized carbons (Fsp3) is 0.333. The first-order chi connectivity index (χ1) is 15.1. The summed E-state index contributed by atoms with van der Waals surface area (Å²) in [6.45, 7) is 5.48. The number of rotatable bonds is 9. The fourth-order valence-corrected chi connectivity index (χ4v) is 4.15. The first-order valence-electron chi connectivity index (χ1n) is 9.87. The molecule has 1 amide bonds. The van der Waals surface area contributed by atoms with E-state index in [9.17, 15) is 23.1 Å². The Hall–Kier alpha value is -2.82. The second-order valence-electron chi connectivity index (χ2n) is 6.76. The summed E-state index contributed by atoms with van der Waals surface area (Å²) in [5.41, 5.74) is 0.766. The number of carbonyl (C=O) groups is 2. The van der Waals surface area contributed by atoms with Crippen LogP contribution in [0.2, 0.25) is 5.02 Å². The standard InChI is InChI=1S/C21H25ClN2O7S/c1-4-6-9-23-32(28,29)18-12-15(7-8-17(18)25)31-19-13(3)10-14(11-16(19)22)24-20(26)21(27)30-5-2/h7-8,10-12,23,25H,4-6,9H2,1-3H3,(H,24,26).